The lowest BCUT2D eigenvalue weighted by molar-refractivity contribution is 0.0633. The zero-order chi connectivity index (χ0) is 22.5. The zero-order valence-corrected chi connectivity index (χ0v) is 19.7. The van der Waals surface area contributed by atoms with Crippen molar-refractivity contribution in [2.75, 3.05) is 7.05 Å². The number of aromatic nitrogens is 3. The molecule has 6 rings (SSSR count). The molecule has 2 saturated heterocycles. The van der Waals surface area contributed by atoms with Gasteiger partial charge >= 0.3 is 0 Å². The van der Waals surface area contributed by atoms with E-state index >= 15 is 0 Å². The molecule has 1 aromatic carbocycles. The number of rotatable bonds is 4. The van der Waals surface area contributed by atoms with Crippen molar-refractivity contribution in [3.63, 3.8) is 0 Å². The summed E-state index contributed by atoms with van der Waals surface area (Å²) in [4.78, 5) is 25.7. The van der Waals surface area contributed by atoms with Crippen LogP contribution in [0.25, 0.3) is 26.3 Å². The van der Waals surface area contributed by atoms with Crippen molar-refractivity contribution in [2.24, 2.45) is 0 Å². The van der Waals surface area contributed by atoms with Crippen LogP contribution in [0.15, 0.2) is 59.8 Å². The van der Waals surface area contributed by atoms with E-state index in [2.05, 4.69) is 21.9 Å². The highest BCUT2D eigenvalue weighted by Gasteiger charge is 2.39. The molecule has 2 aliphatic heterocycles. The van der Waals surface area contributed by atoms with Gasteiger partial charge in [0.1, 0.15) is 17.1 Å². The monoisotopic (exact) mass is 478 g/mol. The van der Waals surface area contributed by atoms with Crippen LogP contribution in [-0.2, 0) is 0 Å². The second-order valence-corrected chi connectivity index (χ2v) is 10.4. The number of nitrogens with zero attached hydrogens (tertiary/aromatic N) is 4. The average Bonchev–Trinajstić information content (AvgIpc) is 3.33. The Morgan fingerprint density at radius 3 is 2.52 bits per heavy atom. The maximum absolute atomic E-state index is 13.2. The zero-order valence-electron chi connectivity index (χ0n) is 18.1. The van der Waals surface area contributed by atoms with E-state index in [9.17, 15) is 4.79 Å². The molecule has 2 bridgehead atoms. The number of ether oxygens (including phenoxy) is 1. The van der Waals surface area contributed by atoms with E-state index in [-0.39, 0.29) is 11.7 Å². The number of fused-ring (bicyclic) bond motifs is 3. The Hall–Kier alpha value is -2.74. The fraction of sp³-hybridized carbons (Fsp3) is 0.320. The van der Waals surface area contributed by atoms with Crippen LogP contribution in [0.5, 0.6) is 5.88 Å². The predicted octanol–water partition coefficient (Wildman–Crippen LogP) is 5.17. The molecule has 3 aromatic heterocycles. The Bertz CT molecular complexity index is 1350. The van der Waals surface area contributed by atoms with E-state index < -0.39 is 0 Å². The summed E-state index contributed by atoms with van der Waals surface area (Å²) in [6, 6.07) is 14.5. The Kier molecular flexibility index (Phi) is 5.20. The first kappa shape index (κ1) is 20.8. The summed E-state index contributed by atoms with van der Waals surface area (Å²) < 4.78 is 8.34. The highest BCUT2D eigenvalue weighted by molar-refractivity contribution is 7.22. The summed E-state index contributed by atoms with van der Waals surface area (Å²) in [5, 5.41) is 0.684. The molecule has 1 unspecified atom stereocenters. The molecule has 33 heavy (non-hydrogen) atoms. The van der Waals surface area contributed by atoms with Crippen molar-refractivity contribution in [3.05, 3.63) is 70.4 Å². The number of hydrogen-bond acceptors (Lipinski definition) is 6. The summed E-state index contributed by atoms with van der Waals surface area (Å²) in [5.41, 5.74) is 2.27. The third-order valence-corrected chi connectivity index (χ3v) is 8.32. The van der Waals surface area contributed by atoms with Crippen LogP contribution < -0.4 is 10.3 Å². The van der Waals surface area contributed by atoms with Gasteiger partial charge in [-0.05, 0) is 62.6 Å². The molecule has 8 heteroatoms. The van der Waals surface area contributed by atoms with Gasteiger partial charge in [-0.1, -0.05) is 23.7 Å². The maximum atomic E-state index is 13.2. The Morgan fingerprint density at radius 1 is 1.06 bits per heavy atom. The van der Waals surface area contributed by atoms with E-state index in [1.807, 2.05) is 42.5 Å². The van der Waals surface area contributed by atoms with Gasteiger partial charge in [-0.3, -0.25) is 9.36 Å². The number of benzene rings is 1. The van der Waals surface area contributed by atoms with E-state index in [1.54, 1.807) is 12.5 Å². The van der Waals surface area contributed by atoms with Gasteiger partial charge in [0, 0.05) is 28.0 Å². The van der Waals surface area contributed by atoms with Gasteiger partial charge in [0.25, 0.3) is 5.56 Å². The molecule has 0 spiro atoms. The molecular weight excluding hydrogens is 456 g/mol. The molecule has 0 amide bonds. The molecule has 2 aliphatic rings. The van der Waals surface area contributed by atoms with Gasteiger partial charge in [0.2, 0.25) is 5.88 Å². The van der Waals surface area contributed by atoms with Crippen LogP contribution in [0.3, 0.4) is 0 Å². The van der Waals surface area contributed by atoms with Crippen LogP contribution >= 0.6 is 22.9 Å². The van der Waals surface area contributed by atoms with Crippen LogP contribution in [0, 0.1) is 0 Å². The summed E-state index contributed by atoms with van der Waals surface area (Å²) >= 11 is 7.44. The quantitative estimate of drug-likeness (QED) is 0.405. The van der Waals surface area contributed by atoms with Gasteiger partial charge in [-0.2, -0.15) is 0 Å². The Balaban J connectivity index is 1.24. The predicted molar refractivity (Wildman–Crippen MR) is 132 cm³/mol. The third kappa shape index (κ3) is 3.84. The molecule has 4 aromatic rings. The molecular formula is C25H23ClN4O2S. The molecule has 0 saturated carbocycles. The van der Waals surface area contributed by atoms with E-state index in [0.717, 1.165) is 23.3 Å². The maximum Gasteiger partial charge on any atom is 0.275 e. The fourth-order valence-corrected chi connectivity index (χ4v) is 6.24. The van der Waals surface area contributed by atoms with Crippen molar-refractivity contribution in [3.8, 4) is 22.0 Å². The minimum Gasteiger partial charge on any atom is -0.474 e. The largest absolute Gasteiger partial charge is 0.474 e. The topological polar surface area (TPSA) is 60.2 Å². The molecule has 5 heterocycles. The smallest absolute Gasteiger partial charge is 0.275 e. The number of hydrogen-bond donors (Lipinski definition) is 0. The molecule has 3 atom stereocenters. The first-order valence-corrected chi connectivity index (χ1v) is 12.4. The number of piperidine rings is 1. The first-order valence-electron chi connectivity index (χ1n) is 11.2. The van der Waals surface area contributed by atoms with Gasteiger partial charge in [-0.15, -0.1) is 11.3 Å². The van der Waals surface area contributed by atoms with E-state index in [4.69, 9.17) is 16.3 Å². The second kappa shape index (κ2) is 8.24. The van der Waals surface area contributed by atoms with Crippen molar-refractivity contribution < 1.29 is 4.74 Å². The van der Waals surface area contributed by atoms with Gasteiger partial charge in [0.05, 0.1) is 17.4 Å². The molecule has 168 valence electrons. The van der Waals surface area contributed by atoms with Crippen molar-refractivity contribution in [1.82, 2.24) is 19.4 Å². The minimum absolute atomic E-state index is 0.104. The summed E-state index contributed by atoms with van der Waals surface area (Å²) in [6.45, 7) is 0. The molecule has 6 nitrogen and oxygen atoms in total. The van der Waals surface area contributed by atoms with Gasteiger partial charge < -0.3 is 9.64 Å². The summed E-state index contributed by atoms with van der Waals surface area (Å²) in [7, 11) is 2.22. The number of thiophene rings is 1. The molecule has 0 N–H and O–H groups in total. The molecule has 0 aliphatic carbocycles. The second-order valence-electron chi connectivity index (χ2n) is 8.87. The average molecular weight is 479 g/mol. The van der Waals surface area contributed by atoms with Crippen molar-refractivity contribution in [2.45, 2.75) is 43.9 Å². The Morgan fingerprint density at radius 2 is 1.82 bits per heavy atom. The van der Waals surface area contributed by atoms with Crippen molar-refractivity contribution in [1.29, 1.82) is 0 Å². The van der Waals surface area contributed by atoms with Crippen LogP contribution in [-0.4, -0.2) is 44.7 Å². The normalized spacial score (nSPS) is 22.7. The third-order valence-electron chi connectivity index (χ3n) is 6.91. The summed E-state index contributed by atoms with van der Waals surface area (Å²) in [6.07, 6.45) is 8.06. The van der Waals surface area contributed by atoms with Crippen LogP contribution in [0.1, 0.15) is 25.7 Å². The Labute approximate surface area is 200 Å². The fourth-order valence-electron chi connectivity index (χ4n) is 5.07. The highest BCUT2D eigenvalue weighted by Crippen LogP contribution is 2.36. The van der Waals surface area contributed by atoms with Gasteiger partial charge in [0.15, 0.2) is 0 Å². The van der Waals surface area contributed by atoms with E-state index in [0.29, 0.717) is 38.9 Å². The lowest BCUT2D eigenvalue weighted by Crippen LogP contribution is -2.43. The lowest BCUT2D eigenvalue weighted by atomic mass is 10.0. The first-order chi connectivity index (χ1) is 16.0. The van der Waals surface area contributed by atoms with Crippen LogP contribution in [0.4, 0.5) is 0 Å². The van der Waals surface area contributed by atoms with Gasteiger partial charge in [-0.25, -0.2) is 9.97 Å². The molecule has 0 radical (unpaired) electrons. The van der Waals surface area contributed by atoms with Crippen LogP contribution in [0.2, 0.25) is 5.02 Å². The molecule has 2 fully saturated rings. The highest BCUT2D eigenvalue weighted by atomic mass is 35.5. The van der Waals surface area contributed by atoms with E-state index in [1.165, 1.54) is 28.7 Å². The lowest BCUT2D eigenvalue weighted by Gasteiger charge is -2.36. The van der Waals surface area contributed by atoms with Crippen molar-refractivity contribution >= 4 is 33.2 Å². The standard InChI is InChI=1S/C25H23ClN4O2S/c1-29-17-6-7-18(29)11-20(10-17)32-23-9-8-19(13-27-23)30-14-28-21-12-22(33-24(21)25(30)31)15-2-4-16(26)5-3-15/h2-5,8-9,12-14,17-18,20H,6-7,10-11H2,1H3/t17-,18+,20?. The number of halogens is 1. The minimum atomic E-state index is -0.104. The SMILES string of the molecule is CN1[C@@H]2CC[C@H]1CC(Oc1ccc(-n3cnc4cc(-c5ccc(Cl)cc5)sc4c3=O)cn1)C2. The number of pyridine rings is 1. The summed E-state index contributed by atoms with van der Waals surface area (Å²) in [5.74, 6) is 0.607.